The first kappa shape index (κ1) is 31.8. The fourth-order valence-corrected chi connectivity index (χ4v) is 8.97. The maximum Gasteiger partial charge on any atom is 0.243 e. The third kappa shape index (κ3) is 7.48. The molecule has 3 fully saturated rings. The Morgan fingerprint density at radius 3 is 2.33 bits per heavy atom. The molecule has 1 N–H and O–H groups in total. The summed E-state index contributed by atoms with van der Waals surface area (Å²) in [5, 5.41) is 3.48. The van der Waals surface area contributed by atoms with E-state index in [4.69, 9.17) is 4.74 Å². The second kappa shape index (κ2) is 14.1. The summed E-state index contributed by atoms with van der Waals surface area (Å²) in [6, 6.07) is 10.4. The third-order valence-corrected chi connectivity index (χ3v) is 12.1. The summed E-state index contributed by atoms with van der Waals surface area (Å²) >= 11 is 1.30. The van der Waals surface area contributed by atoms with Gasteiger partial charge in [-0.25, -0.2) is 18.4 Å². The molecular weight excluding hydrogens is 613 g/mol. The maximum absolute atomic E-state index is 13.7. The zero-order valence-electron chi connectivity index (χ0n) is 25.8. The van der Waals surface area contributed by atoms with Crippen LogP contribution in [0.1, 0.15) is 62.8 Å². The number of aromatic nitrogens is 2. The number of piperidine rings is 1. The van der Waals surface area contributed by atoms with E-state index in [-0.39, 0.29) is 16.7 Å². The number of carbonyl (C=O) groups is 2. The Hall–Kier alpha value is -3.13. The van der Waals surface area contributed by atoms with Crippen LogP contribution < -0.4 is 10.1 Å². The number of carbonyl (C=O) groups excluding carboxylic acids is 2. The van der Waals surface area contributed by atoms with Gasteiger partial charge in [0, 0.05) is 45.3 Å². The topological polar surface area (TPSA) is 125 Å². The van der Waals surface area contributed by atoms with E-state index < -0.39 is 15.9 Å². The minimum absolute atomic E-state index is 0.137. The van der Waals surface area contributed by atoms with E-state index in [0.29, 0.717) is 66.4 Å². The van der Waals surface area contributed by atoms with E-state index in [1.165, 1.54) is 34.9 Å². The number of fused-ring (bicyclic) bond motifs is 1. The Balaban J connectivity index is 1.11. The summed E-state index contributed by atoms with van der Waals surface area (Å²) in [6.45, 7) is 3.71. The lowest BCUT2D eigenvalue weighted by atomic mass is 9.87. The van der Waals surface area contributed by atoms with Gasteiger partial charge in [0.15, 0.2) is 5.13 Å². The van der Waals surface area contributed by atoms with Crippen molar-refractivity contribution in [1.29, 1.82) is 0 Å². The number of piperazine rings is 1. The van der Waals surface area contributed by atoms with Crippen LogP contribution in [0.4, 0.5) is 5.13 Å². The number of likely N-dealkylation sites (tertiary alicyclic amines) is 1. The number of nitrogens with zero attached hydrogens (tertiary/aromatic N) is 5. The number of benzene rings is 1. The van der Waals surface area contributed by atoms with Gasteiger partial charge in [0.05, 0.1) is 24.5 Å². The van der Waals surface area contributed by atoms with Crippen molar-refractivity contribution in [2.75, 3.05) is 58.2 Å². The highest BCUT2D eigenvalue weighted by atomic mass is 32.2. The minimum Gasteiger partial charge on any atom is -0.481 e. The average molecular weight is 655 g/mol. The van der Waals surface area contributed by atoms with Gasteiger partial charge >= 0.3 is 0 Å². The first-order valence-electron chi connectivity index (χ1n) is 16.0. The van der Waals surface area contributed by atoms with E-state index in [1.807, 2.05) is 11.0 Å². The number of hydrogen-bond donors (Lipinski definition) is 1. The molecule has 2 aromatic heterocycles. The van der Waals surface area contributed by atoms with Crippen molar-refractivity contribution >= 4 is 48.7 Å². The van der Waals surface area contributed by atoms with E-state index in [1.54, 1.807) is 37.4 Å². The molecule has 6 rings (SSSR count). The van der Waals surface area contributed by atoms with Crippen molar-refractivity contribution in [3.8, 4) is 5.88 Å². The lowest BCUT2D eigenvalue weighted by Gasteiger charge is -2.35. The van der Waals surface area contributed by atoms with Crippen LogP contribution in [0.2, 0.25) is 0 Å². The SMILES string of the molecule is COc1ccc2nc(NC(=O)C(CC3CCCC3)c3ccc(S(=O)(=O)N4CCN(CC(=O)N5CCCCC5)CC4)cc3)sc2n1. The smallest absolute Gasteiger partial charge is 0.243 e. The summed E-state index contributed by atoms with van der Waals surface area (Å²) in [4.78, 5) is 40.2. The predicted molar refractivity (Wildman–Crippen MR) is 174 cm³/mol. The van der Waals surface area contributed by atoms with Gasteiger partial charge in [-0.1, -0.05) is 49.2 Å². The van der Waals surface area contributed by atoms with Crippen LogP contribution in [0, 0.1) is 5.92 Å². The number of amides is 2. The Kier molecular flexibility index (Phi) is 9.98. The van der Waals surface area contributed by atoms with Crippen molar-refractivity contribution in [2.24, 2.45) is 5.92 Å². The summed E-state index contributed by atoms with van der Waals surface area (Å²) in [7, 11) is -2.14. The summed E-state index contributed by atoms with van der Waals surface area (Å²) < 4.78 is 33.8. The van der Waals surface area contributed by atoms with Gasteiger partial charge in [-0.3, -0.25) is 14.5 Å². The van der Waals surface area contributed by atoms with Crippen LogP contribution >= 0.6 is 11.3 Å². The van der Waals surface area contributed by atoms with Gasteiger partial charge in [-0.2, -0.15) is 4.31 Å². The van der Waals surface area contributed by atoms with Crippen LogP contribution in [-0.4, -0.2) is 97.2 Å². The van der Waals surface area contributed by atoms with Crippen LogP contribution in [-0.2, 0) is 19.6 Å². The summed E-state index contributed by atoms with van der Waals surface area (Å²) in [5.74, 6) is 0.489. The molecule has 1 aromatic carbocycles. The van der Waals surface area contributed by atoms with Gasteiger partial charge < -0.3 is 15.0 Å². The molecule has 0 radical (unpaired) electrons. The van der Waals surface area contributed by atoms with Crippen LogP contribution in [0.15, 0.2) is 41.3 Å². The Bertz CT molecular complexity index is 1590. The maximum atomic E-state index is 13.7. The van der Waals surface area contributed by atoms with Gasteiger partial charge in [-0.15, -0.1) is 0 Å². The van der Waals surface area contributed by atoms with E-state index in [9.17, 15) is 18.0 Å². The van der Waals surface area contributed by atoms with Gasteiger partial charge in [-0.05, 0) is 55.4 Å². The number of thiazole rings is 1. The number of methoxy groups -OCH3 is 1. The van der Waals surface area contributed by atoms with E-state index in [2.05, 4.69) is 20.2 Å². The first-order chi connectivity index (χ1) is 21.8. The quantitative estimate of drug-likeness (QED) is 0.343. The Morgan fingerprint density at radius 2 is 1.64 bits per heavy atom. The molecule has 1 unspecified atom stereocenters. The highest BCUT2D eigenvalue weighted by Crippen LogP contribution is 2.36. The molecule has 0 spiro atoms. The Labute approximate surface area is 269 Å². The van der Waals surface area contributed by atoms with Gasteiger partial charge in [0.2, 0.25) is 27.7 Å². The van der Waals surface area contributed by atoms with Gasteiger partial charge in [0.25, 0.3) is 0 Å². The molecule has 11 nitrogen and oxygen atoms in total. The van der Waals surface area contributed by atoms with Crippen molar-refractivity contribution in [3.05, 3.63) is 42.0 Å². The number of pyridine rings is 1. The lowest BCUT2D eigenvalue weighted by molar-refractivity contribution is -0.133. The second-order valence-electron chi connectivity index (χ2n) is 12.3. The normalized spacial score (nSPS) is 19.5. The van der Waals surface area contributed by atoms with E-state index in [0.717, 1.165) is 44.3 Å². The largest absolute Gasteiger partial charge is 0.481 e. The molecule has 1 aliphatic carbocycles. The molecule has 2 aliphatic heterocycles. The molecule has 4 heterocycles. The molecular formula is C32H42N6O5S2. The van der Waals surface area contributed by atoms with E-state index >= 15 is 0 Å². The molecule has 3 aromatic rings. The molecule has 1 atom stereocenters. The summed E-state index contributed by atoms with van der Waals surface area (Å²) in [6.07, 6.45) is 8.51. The lowest BCUT2D eigenvalue weighted by Crippen LogP contribution is -2.51. The predicted octanol–water partition coefficient (Wildman–Crippen LogP) is 4.32. The highest BCUT2D eigenvalue weighted by molar-refractivity contribution is 7.89. The summed E-state index contributed by atoms with van der Waals surface area (Å²) in [5.41, 5.74) is 1.48. The Morgan fingerprint density at radius 1 is 0.933 bits per heavy atom. The average Bonchev–Trinajstić information content (AvgIpc) is 3.73. The standard InChI is InChI=1S/C32H42N6O5S2/c1-43-28-14-13-27-31(34-28)44-32(33-27)35-30(40)26(21-23-7-3-4-8-23)24-9-11-25(12-10-24)45(41,42)38-19-17-36(18-20-38)22-29(39)37-15-5-2-6-16-37/h9-14,23,26H,2-8,15-22H2,1H3,(H,33,35,40). The van der Waals surface area contributed by atoms with Crippen molar-refractivity contribution < 1.29 is 22.7 Å². The van der Waals surface area contributed by atoms with Crippen molar-refractivity contribution in [3.63, 3.8) is 0 Å². The zero-order valence-corrected chi connectivity index (χ0v) is 27.5. The number of nitrogens with one attached hydrogen (secondary N) is 1. The molecule has 2 amide bonds. The van der Waals surface area contributed by atoms with Crippen LogP contribution in [0.25, 0.3) is 10.3 Å². The van der Waals surface area contributed by atoms with Crippen molar-refractivity contribution in [2.45, 2.75) is 62.2 Å². The number of rotatable bonds is 10. The number of hydrogen-bond acceptors (Lipinski definition) is 9. The molecule has 13 heteroatoms. The zero-order chi connectivity index (χ0) is 31.4. The molecule has 242 valence electrons. The van der Waals surface area contributed by atoms with Gasteiger partial charge in [0.1, 0.15) is 10.3 Å². The molecule has 45 heavy (non-hydrogen) atoms. The van der Waals surface area contributed by atoms with Crippen LogP contribution in [0.5, 0.6) is 5.88 Å². The molecule has 3 aliphatic rings. The number of ether oxygens (including phenoxy) is 1. The fourth-order valence-electron chi connectivity index (χ4n) is 6.72. The van der Waals surface area contributed by atoms with Crippen molar-refractivity contribution in [1.82, 2.24) is 24.1 Å². The third-order valence-electron chi connectivity index (χ3n) is 9.35. The molecule has 1 saturated carbocycles. The molecule has 0 bridgehead atoms. The number of sulfonamides is 1. The highest BCUT2D eigenvalue weighted by Gasteiger charge is 2.32. The van der Waals surface area contributed by atoms with Crippen LogP contribution in [0.3, 0.4) is 0 Å². The second-order valence-corrected chi connectivity index (χ2v) is 15.2. The fraction of sp³-hybridized carbons (Fsp3) is 0.562. The minimum atomic E-state index is -3.70. The first-order valence-corrected chi connectivity index (χ1v) is 18.3. The molecule has 2 saturated heterocycles. The number of anilines is 1. The monoisotopic (exact) mass is 654 g/mol.